The normalized spacial score (nSPS) is 10.3. The molecule has 19 heavy (non-hydrogen) atoms. The van der Waals surface area contributed by atoms with Crippen molar-refractivity contribution in [3.63, 3.8) is 0 Å². The molecule has 0 atom stereocenters. The van der Waals surface area contributed by atoms with Gasteiger partial charge in [-0.3, -0.25) is 0 Å². The zero-order valence-electron chi connectivity index (χ0n) is 12.0. The molecule has 0 unspecified atom stereocenters. The van der Waals surface area contributed by atoms with Crippen LogP contribution in [0, 0.1) is 39.0 Å². The van der Waals surface area contributed by atoms with Gasteiger partial charge in [0.15, 0.2) is 0 Å². The van der Waals surface area contributed by atoms with E-state index in [9.17, 15) is 0 Å². The number of nitrogens with zero attached hydrogens (tertiary/aromatic N) is 1. The summed E-state index contributed by atoms with van der Waals surface area (Å²) in [5, 5.41) is 9.07. The SMILES string of the molecule is COc1c(C)c(C)cc(C)c1-c1cc(C#N)c(C)[nH]1. The van der Waals surface area contributed by atoms with Crippen LogP contribution in [0.3, 0.4) is 0 Å². The van der Waals surface area contributed by atoms with Crippen LogP contribution in [0.4, 0.5) is 0 Å². The molecule has 0 aliphatic carbocycles. The van der Waals surface area contributed by atoms with Gasteiger partial charge in [0.2, 0.25) is 0 Å². The third-order valence-electron chi connectivity index (χ3n) is 3.60. The Hall–Kier alpha value is -2.21. The molecule has 0 bridgehead atoms. The molecule has 0 saturated carbocycles. The van der Waals surface area contributed by atoms with Gasteiger partial charge in [0.05, 0.1) is 18.4 Å². The Morgan fingerprint density at radius 3 is 2.32 bits per heavy atom. The van der Waals surface area contributed by atoms with Crippen LogP contribution in [0.25, 0.3) is 11.3 Å². The van der Waals surface area contributed by atoms with E-state index >= 15 is 0 Å². The molecule has 0 spiro atoms. The summed E-state index contributed by atoms with van der Waals surface area (Å²) in [6.07, 6.45) is 0. The summed E-state index contributed by atoms with van der Waals surface area (Å²) in [5.74, 6) is 0.878. The standard InChI is InChI=1S/C16H18N2O/c1-9-6-10(2)15(16(19-5)11(9)3)14-7-13(8-17)12(4)18-14/h6-7,18H,1-5H3. The predicted molar refractivity (Wildman–Crippen MR) is 76.4 cm³/mol. The lowest BCUT2D eigenvalue weighted by Crippen LogP contribution is -1.97. The molecule has 1 aromatic carbocycles. The van der Waals surface area contributed by atoms with E-state index in [0.717, 1.165) is 33.8 Å². The molecule has 0 amide bonds. The van der Waals surface area contributed by atoms with Gasteiger partial charge in [-0.15, -0.1) is 0 Å². The molecular weight excluding hydrogens is 236 g/mol. The Kier molecular flexibility index (Phi) is 3.35. The summed E-state index contributed by atoms with van der Waals surface area (Å²) in [6, 6.07) is 6.23. The first-order chi connectivity index (χ1) is 8.99. The van der Waals surface area contributed by atoms with Crippen molar-refractivity contribution in [2.75, 3.05) is 7.11 Å². The molecule has 2 rings (SSSR count). The summed E-state index contributed by atoms with van der Waals surface area (Å²) in [5.41, 5.74) is 7.02. The molecule has 98 valence electrons. The summed E-state index contributed by atoms with van der Waals surface area (Å²) in [6.45, 7) is 8.10. The number of aryl methyl sites for hydroxylation is 3. The minimum Gasteiger partial charge on any atom is -0.496 e. The van der Waals surface area contributed by atoms with Crippen LogP contribution in [-0.2, 0) is 0 Å². The molecule has 0 aliphatic rings. The van der Waals surface area contributed by atoms with E-state index in [-0.39, 0.29) is 0 Å². The first-order valence-electron chi connectivity index (χ1n) is 6.24. The predicted octanol–water partition coefficient (Wildman–Crippen LogP) is 3.80. The highest BCUT2D eigenvalue weighted by Crippen LogP contribution is 2.37. The number of aromatic nitrogens is 1. The highest BCUT2D eigenvalue weighted by atomic mass is 16.5. The van der Waals surface area contributed by atoms with Gasteiger partial charge < -0.3 is 9.72 Å². The van der Waals surface area contributed by atoms with E-state index in [1.807, 2.05) is 13.0 Å². The van der Waals surface area contributed by atoms with Crippen LogP contribution >= 0.6 is 0 Å². The van der Waals surface area contributed by atoms with Gasteiger partial charge in [-0.25, -0.2) is 0 Å². The fraction of sp³-hybridized carbons (Fsp3) is 0.312. The Bertz CT molecular complexity index is 675. The topological polar surface area (TPSA) is 48.8 Å². The van der Waals surface area contributed by atoms with E-state index in [2.05, 4.69) is 37.9 Å². The molecule has 3 heteroatoms. The van der Waals surface area contributed by atoms with Crippen LogP contribution in [0.1, 0.15) is 27.9 Å². The number of rotatable bonds is 2. The molecule has 0 radical (unpaired) electrons. The summed E-state index contributed by atoms with van der Waals surface area (Å²) < 4.78 is 5.57. The number of H-pyrrole nitrogens is 1. The maximum Gasteiger partial charge on any atom is 0.131 e. The highest BCUT2D eigenvalue weighted by Gasteiger charge is 2.16. The maximum atomic E-state index is 9.07. The lowest BCUT2D eigenvalue weighted by Gasteiger charge is -2.15. The third-order valence-corrected chi connectivity index (χ3v) is 3.60. The molecule has 2 aromatic rings. The quantitative estimate of drug-likeness (QED) is 0.886. The summed E-state index contributed by atoms with van der Waals surface area (Å²) >= 11 is 0. The Morgan fingerprint density at radius 1 is 1.11 bits per heavy atom. The molecule has 0 aliphatic heterocycles. The zero-order valence-corrected chi connectivity index (χ0v) is 12.0. The van der Waals surface area contributed by atoms with Gasteiger partial charge in [0.25, 0.3) is 0 Å². The van der Waals surface area contributed by atoms with Crippen molar-refractivity contribution in [1.82, 2.24) is 4.98 Å². The fourth-order valence-corrected chi connectivity index (χ4v) is 2.45. The fourth-order valence-electron chi connectivity index (χ4n) is 2.45. The second-order valence-corrected chi connectivity index (χ2v) is 4.88. The van der Waals surface area contributed by atoms with Crippen LogP contribution in [-0.4, -0.2) is 12.1 Å². The maximum absolute atomic E-state index is 9.07. The average Bonchev–Trinajstić information content (AvgIpc) is 2.74. The van der Waals surface area contributed by atoms with E-state index in [4.69, 9.17) is 10.00 Å². The van der Waals surface area contributed by atoms with Crippen molar-refractivity contribution >= 4 is 0 Å². The number of hydrogen-bond acceptors (Lipinski definition) is 2. The van der Waals surface area contributed by atoms with E-state index in [1.54, 1.807) is 7.11 Å². The lowest BCUT2D eigenvalue weighted by molar-refractivity contribution is 0.412. The number of nitrogens with one attached hydrogen (secondary N) is 1. The van der Waals surface area contributed by atoms with Crippen molar-refractivity contribution in [2.45, 2.75) is 27.7 Å². The van der Waals surface area contributed by atoms with Crippen molar-refractivity contribution < 1.29 is 4.74 Å². The van der Waals surface area contributed by atoms with Gasteiger partial charge in [-0.1, -0.05) is 6.07 Å². The van der Waals surface area contributed by atoms with Crippen molar-refractivity contribution in [1.29, 1.82) is 5.26 Å². The van der Waals surface area contributed by atoms with Crippen LogP contribution in [0.2, 0.25) is 0 Å². The third kappa shape index (κ3) is 2.10. The Morgan fingerprint density at radius 2 is 1.79 bits per heavy atom. The largest absolute Gasteiger partial charge is 0.496 e. The number of methoxy groups -OCH3 is 1. The molecule has 0 saturated heterocycles. The highest BCUT2D eigenvalue weighted by molar-refractivity contribution is 5.75. The first kappa shape index (κ1) is 13.2. The molecule has 1 aromatic heterocycles. The number of aromatic amines is 1. The molecular formula is C16H18N2O. The number of hydrogen-bond donors (Lipinski definition) is 1. The second-order valence-electron chi connectivity index (χ2n) is 4.88. The summed E-state index contributed by atoms with van der Waals surface area (Å²) in [4.78, 5) is 3.27. The van der Waals surface area contributed by atoms with Crippen LogP contribution in [0.15, 0.2) is 12.1 Å². The molecule has 0 fully saturated rings. The van der Waals surface area contributed by atoms with Crippen molar-refractivity contribution in [3.8, 4) is 23.1 Å². The first-order valence-corrected chi connectivity index (χ1v) is 6.24. The van der Waals surface area contributed by atoms with Gasteiger partial charge >= 0.3 is 0 Å². The van der Waals surface area contributed by atoms with Crippen molar-refractivity contribution in [2.24, 2.45) is 0 Å². The number of benzene rings is 1. The lowest BCUT2D eigenvalue weighted by atomic mass is 9.97. The summed E-state index contributed by atoms with van der Waals surface area (Å²) in [7, 11) is 1.69. The molecule has 1 heterocycles. The van der Waals surface area contributed by atoms with E-state index < -0.39 is 0 Å². The smallest absolute Gasteiger partial charge is 0.131 e. The van der Waals surface area contributed by atoms with E-state index in [0.29, 0.717) is 5.56 Å². The van der Waals surface area contributed by atoms with Crippen LogP contribution < -0.4 is 4.74 Å². The minimum atomic E-state index is 0.676. The second kappa shape index (κ2) is 4.81. The van der Waals surface area contributed by atoms with Gasteiger partial charge in [0, 0.05) is 11.3 Å². The van der Waals surface area contributed by atoms with Crippen molar-refractivity contribution in [3.05, 3.63) is 40.1 Å². The Labute approximate surface area is 113 Å². The molecule has 1 N–H and O–H groups in total. The van der Waals surface area contributed by atoms with E-state index in [1.165, 1.54) is 5.56 Å². The number of ether oxygens (including phenoxy) is 1. The van der Waals surface area contributed by atoms with Gasteiger partial charge in [-0.2, -0.15) is 5.26 Å². The Balaban J connectivity index is 2.74. The van der Waals surface area contributed by atoms with Crippen LogP contribution in [0.5, 0.6) is 5.75 Å². The number of nitriles is 1. The minimum absolute atomic E-state index is 0.676. The zero-order chi connectivity index (χ0) is 14.2. The van der Waals surface area contributed by atoms with Gasteiger partial charge in [-0.05, 0) is 50.5 Å². The van der Waals surface area contributed by atoms with Gasteiger partial charge in [0.1, 0.15) is 11.8 Å². The average molecular weight is 254 g/mol. The molecule has 3 nitrogen and oxygen atoms in total. The monoisotopic (exact) mass is 254 g/mol.